The van der Waals surface area contributed by atoms with Gasteiger partial charge in [-0.05, 0) is 23.8 Å². The lowest BCUT2D eigenvalue weighted by molar-refractivity contribution is 0.0607. The van der Waals surface area contributed by atoms with Crippen molar-refractivity contribution in [2.75, 3.05) is 4.90 Å². The third-order valence-corrected chi connectivity index (χ3v) is 3.71. The van der Waals surface area contributed by atoms with Crippen molar-refractivity contribution >= 4 is 5.69 Å². The molecule has 0 aromatic heterocycles. The Balaban J connectivity index is 1.72. The first kappa shape index (κ1) is 11.4. The highest BCUT2D eigenvalue weighted by atomic mass is 16.6. The molecule has 3 heteroatoms. The van der Waals surface area contributed by atoms with Crippen molar-refractivity contribution in [1.29, 1.82) is 0 Å². The number of para-hydroxylation sites is 2. The second-order valence-electron chi connectivity index (χ2n) is 5.02. The van der Waals surface area contributed by atoms with Crippen LogP contribution < -0.4 is 9.64 Å². The van der Waals surface area contributed by atoms with E-state index < -0.39 is 0 Å². The highest BCUT2D eigenvalue weighted by Gasteiger charge is 2.38. The quantitative estimate of drug-likeness (QED) is 0.831. The van der Waals surface area contributed by atoms with E-state index in [4.69, 9.17) is 9.47 Å². The van der Waals surface area contributed by atoms with E-state index in [2.05, 4.69) is 35.2 Å². The van der Waals surface area contributed by atoms with E-state index in [0.29, 0.717) is 0 Å². The van der Waals surface area contributed by atoms with Crippen molar-refractivity contribution in [3.63, 3.8) is 0 Å². The average Bonchev–Trinajstić information content (AvgIpc) is 2.96. The molecule has 0 spiro atoms. The van der Waals surface area contributed by atoms with E-state index in [9.17, 15) is 0 Å². The molecule has 3 nitrogen and oxygen atoms in total. The number of hydrogen-bond acceptors (Lipinski definition) is 3. The van der Waals surface area contributed by atoms with Gasteiger partial charge in [-0.25, -0.2) is 0 Å². The van der Waals surface area contributed by atoms with E-state index in [1.54, 1.807) is 6.26 Å². The van der Waals surface area contributed by atoms with Gasteiger partial charge in [-0.1, -0.05) is 42.5 Å². The molecule has 0 bridgehead atoms. The Hall–Kier alpha value is -2.42. The topological polar surface area (TPSA) is 21.7 Å². The predicted molar refractivity (Wildman–Crippen MR) is 77.5 cm³/mol. The van der Waals surface area contributed by atoms with E-state index in [1.807, 2.05) is 30.3 Å². The van der Waals surface area contributed by atoms with Crippen LogP contribution in [0.3, 0.4) is 0 Å². The lowest BCUT2D eigenvalue weighted by Crippen LogP contribution is -2.47. The summed E-state index contributed by atoms with van der Waals surface area (Å²) in [5.74, 6) is 0.917. The summed E-state index contributed by atoms with van der Waals surface area (Å²) in [7, 11) is 0. The molecule has 20 heavy (non-hydrogen) atoms. The van der Waals surface area contributed by atoms with Crippen LogP contribution in [-0.4, -0.2) is 12.3 Å². The first-order chi connectivity index (χ1) is 9.92. The average molecular weight is 265 g/mol. The minimum absolute atomic E-state index is 0.0337. The maximum atomic E-state index is 5.97. The van der Waals surface area contributed by atoms with Crippen LogP contribution in [0.2, 0.25) is 0 Å². The van der Waals surface area contributed by atoms with Gasteiger partial charge in [0.15, 0.2) is 6.10 Å². The Bertz CT molecular complexity index is 638. The third-order valence-electron chi connectivity index (χ3n) is 3.71. The standard InChI is InChI=1S/C17H15NO2/c1-2-6-13(7-3-1)12-18-14-8-4-5-9-15(14)20-16-10-11-19-17(16)18/h1-11,16-17H,12H2/t16-,17+/m1/s1. The largest absolute Gasteiger partial charge is 0.478 e. The summed E-state index contributed by atoms with van der Waals surface area (Å²) in [6.07, 6.45) is 3.59. The number of anilines is 1. The zero-order chi connectivity index (χ0) is 13.4. The Morgan fingerprint density at radius 1 is 0.950 bits per heavy atom. The minimum Gasteiger partial charge on any atom is -0.478 e. The number of ether oxygens (including phenoxy) is 2. The fourth-order valence-corrected chi connectivity index (χ4v) is 2.76. The van der Waals surface area contributed by atoms with Crippen LogP contribution >= 0.6 is 0 Å². The SMILES string of the molecule is C1=C[C@H]2Oc3ccccc3N(Cc3ccccc3)[C@H]2O1. The van der Waals surface area contributed by atoms with Crippen molar-refractivity contribution < 1.29 is 9.47 Å². The molecule has 2 aliphatic heterocycles. The molecule has 0 unspecified atom stereocenters. The van der Waals surface area contributed by atoms with Crippen molar-refractivity contribution in [2.45, 2.75) is 18.9 Å². The van der Waals surface area contributed by atoms with Crippen LogP contribution in [0, 0.1) is 0 Å². The van der Waals surface area contributed by atoms with Gasteiger partial charge in [0, 0.05) is 6.54 Å². The van der Waals surface area contributed by atoms with Gasteiger partial charge in [0.2, 0.25) is 6.23 Å². The second kappa shape index (κ2) is 4.60. The summed E-state index contributed by atoms with van der Waals surface area (Å²) in [6.45, 7) is 0.810. The first-order valence-electron chi connectivity index (χ1n) is 6.80. The summed E-state index contributed by atoms with van der Waals surface area (Å²) in [6, 6.07) is 18.5. The summed E-state index contributed by atoms with van der Waals surface area (Å²) in [5.41, 5.74) is 2.35. The Labute approximate surface area is 118 Å². The molecule has 0 N–H and O–H groups in total. The smallest absolute Gasteiger partial charge is 0.212 e. The summed E-state index contributed by atoms with van der Waals surface area (Å²) >= 11 is 0. The fraction of sp³-hybridized carbons (Fsp3) is 0.176. The zero-order valence-electron chi connectivity index (χ0n) is 11.0. The Kier molecular flexibility index (Phi) is 2.62. The van der Waals surface area contributed by atoms with E-state index in [-0.39, 0.29) is 12.3 Å². The van der Waals surface area contributed by atoms with E-state index in [0.717, 1.165) is 18.0 Å². The molecule has 4 rings (SSSR count). The van der Waals surface area contributed by atoms with Crippen LogP contribution in [0.5, 0.6) is 5.75 Å². The molecule has 2 aromatic rings. The Morgan fingerprint density at radius 3 is 2.65 bits per heavy atom. The van der Waals surface area contributed by atoms with Gasteiger partial charge in [0.25, 0.3) is 0 Å². The molecule has 0 aliphatic carbocycles. The fourth-order valence-electron chi connectivity index (χ4n) is 2.76. The molecule has 0 amide bonds. The number of nitrogens with zero attached hydrogens (tertiary/aromatic N) is 1. The zero-order valence-corrected chi connectivity index (χ0v) is 11.0. The molecular formula is C17H15NO2. The van der Waals surface area contributed by atoms with Gasteiger partial charge in [-0.2, -0.15) is 0 Å². The monoisotopic (exact) mass is 265 g/mol. The predicted octanol–water partition coefficient (Wildman–Crippen LogP) is 3.32. The summed E-state index contributed by atoms with van der Waals surface area (Å²) in [5, 5.41) is 0. The van der Waals surface area contributed by atoms with Gasteiger partial charge in [0.1, 0.15) is 5.75 Å². The van der Waals surface area contributed by atoms with Crippen LogP contribution in [0.1, 0.15) is 5.56 Å². The van der Waals surface area contributed by atoms with Gasteiger partial charge >= 0.3 is 0 Å². The number of fused-ring (bicyclic) bond motifs is 2. The molecule has 2 aromatic carbocycles. The highest BCUT2D eigenvalue weighted by molar-refractivity contribution is 5.61. The molecule has 2 atom stereocenters. The van der Waals surface area contributed by atoms with Gasteiger partial charge < -0.3 is 14.4 Å². The molecule has 0 radical (unpaired) electrons. The van der Waals surface area contributed by atoms with Crippen molar-refractivity contribution in [3.05, 3.63) is 72.5 Å². The maximum absolute atomic E-state index is 5.97. The lowest BCUT2D eigenvalue weighted by Gasteiger charge is -2.39. The van der Waals surface area contributed by atoms with Gasteiger partial charge in [-0.15, -0.1) is 0 Å². The lowest BCUT2D eigenvalue weighted by atomic mass is 10.1. The second-order valence-corrected chi connectivity index (χ2v) is 5.02. The molecule has 2 heterocycles. The van der Waals surface area contributed by atoms with E-state index >= 15 is 0 Å². The van der Waals surface area contributed by atoms with E-state index in [1.165, 1.54) is 5.56 Å². The molecule has 2 aliphatic rings. The molecule has 0 saturated carbocycles. The normalized spacial score (nSPS) is 22.7. The molecule has 0 fully saturated rings. The van der Waals surface area contributed by atoms with Crippen LogP contribution in [0.4, 0.5) is 5.69 Å². The Morgan fingerprint density at radius 2 is 1.75 bits per heavy atom. The van der Waals surface area contributed by atoms with Gasteiger partial charge in [-0.3, -0.25) is 0 Å². The molecule has 100 valence electrons. The van der Waals surface area contributed by atoms with Crippen molar-refractivity contribution in [3.8, 4) is 5.75 Å². The first-order valence-corrected chi connectivity index (χ1v) is 6.80. The minimum atomic E-state index is -0.0786. The van der Waals surface area contributed by atoms with Crippen LogP contribution in [0.25, 0.3) is 0 Å². The molecule has 0 saturated heterocycles. The van der Waals surface area contributed by atoms with Crippen LogP contribution in [-0.2, 0) is 11.3 Å². The highest BCUT2D eigenvalue weighted by Crippen LogP contribution is 2.39. The number of hydrogen-bond donors (Lipinski definition) is 0. The van der Waals surface area contributed by atoms with Crippen LogP contribution in [0.15, 0.2) is 66.9 Å². The van der Waals surface area contributed by atoms with Crippen molar-refractivity contribution in [1.82, 2.24) is 0 Å². The van der Waals surface area contributed by atoms with Crippen molar-refractivity contribution in [2.24, 2.45) is 0 Å². The molecular weight excluding hydrogens is 250 g/mol. The third kappa shape index (κ3) is 1.83. The van der Waals surface area contributed by atoms with Gasteiger partial charge in [0.05, 0.1) is 11.9 Å². The summed E-state index contributed by atoms with van der Waals surface area (Å²) < 4.78 is 11.7. The maximum Gasteiger partial charge on any atom is 0.212 e. The number of benzene rings is 2. The number of rotatable bonds is 2. The summed E-state index contributed by atoms with van der Waals surface area (Å²) in [4.78, 5) is 2.26.